The highest BCUT2D eigenvalue weighted by atomic mass is 28.2. The maximum Gasteiger partial charge on any atom is 0.0273 e. The van der Waals surface area contributed by atoms with Gasteiger partial charge in [-0.1, -0.05) is 38.0 Å². The van der Waals surface area contributed by atoms with Gasteiger partial charge in [-0.15, -0.1) is 0 Å². The largest absolute Gasteiger partial charge is 0.0632 e. The molecule has 0 amide bonds. The highest BCUT2D eigenvalue weighted by molar-refractivity contribution is 6.40. The van der Waals surface area contributed by atoms with Crippen molar-refractivity contribution < 1.29 is 0 Å². The first-order valence-corrected chi connectivity index (χ1v) is 8.45. The molecule has 0 nitrogen and oxygen atoms in total. The van der Waals surface area contributed by atoms with Crippen molar-refractivity contribution in [3.63, 3.8) is 0 Å². The molecule has 0 atom stereocenters. The van der Waals surface area contributed by atoms with Gasteiger partial charge >= 0.3 is 0 Å². The summed E-state index contributed by atoms with van der Waals surface area (Å²) in [5, 5.41) is 0.602. The summed E-state index contributed by atoms with van der Waals surface area (Å²) in [6.45, 7) is 9.54. The fourth-order valence-corrected chi connectivity index (χ4v) is 4.56. The van der Waals surface area contributed by atoms with Crippen LogP contribution < -0.4 is 0 Å². The summed E-state index contributed by atoms with van der Waals surface area (Å²) in [4.78, 5) is 0. The van der Waals surface area contributed by atoms with Gasteiger partial charge in [-0.25, -0.2) is 0 Å². The van der Waals surface area contributed by atoms with Gasteiger partial charge in [0.25, 0.3) is 0 Å². The van der Waals surface area contributed by atoms with Gasteiger partial charge in [0, 0.05) is 15.4 Å². The zero-order valence-corrected chi connectivity index (χ0v) is 12.7. The van der Waals surface area contributed by atoms with Gasteiger partial charge < -0.3 is 0 Å². The highest BCUT2D eigenvalue weighted by Gasteiger charge is 2.28. The Morgan fingerprint density at radius 2 is 1.88 bits per heavy atom. The van der Waals surface area contributed by atoms with Crippen molar-refractivity contribution in [2.45, 2.75) is 64.5 Å². The topological polar surface area (TPSA) is 0 Å². The summed E-state index contributed by atoms with van der Waals surface area (Å²) >= 11 is 0. The fraction of sp³-hybridized carbons (Fsp3) is 0.667. The van der Waals surface area contributed by atoms with E-state index in [2.05, 4.69) is 33.8 Å². The standard InChI is InChI=1S/C15H25Si/c1-11-9-12-7-5-6-8-13(12)14(11)10-16-15(2,3)4/h9H,5-8,10,16H2,1-4H3. The second-order valence-corrected chi connectivity index (χ2v) is 9.70. The van der Waals surface area contributed by atoms with E-state index in [4.69, 9.17) is 0 Å². The number of hydrogen-bond donors (Lipinski definition) is 0. The maximum atomic E-state index is 2.47. The van der Waals surface area contributed by atoms with E-state index >= 15 is 0 Å². The van der Waals surface area contributed by atoms with Crippen LogP contribution in [0, 0.1) is 5.92 Å². The van der Waals surface area contributed by atoms with Crippen molar-refractivity contribution in [3.05, 3.63) is 28.7 Å². The normalized spacial score (nSPS) is 23.1. The molecule has 0 saturated heterocycles. The van der Waals surface area contributed by atoms with Crippen LogP contribution in [0.5, 0.6) is 0 Å². The predicted octanol–water partition coefficient (Wildman–Crippen LogP) is 4.20. The average molecular weight is 233 g/mol. The Hall–Kier alpha value is -0.303. The van der Waals surface area contributed by atoms with Crippen LogP contribution in [0.4, 0.5) is 0 Å². The third-order valence-corrected chi connectivity index (χ3v) is 6.12. The number of allylic oxidation sites excluding steroid dienone is 4. The Morgan fingerprint density at radius 3 is 2.56 bits per heavy atom. The maximum absolute atomic E-state index is 2.47. The summed E-state index contributed by atoms with van der Waals surface area (Å²) < 4.78 is 0. The van der Waals surface area contributed by atoms with E-state index in [1.54, 1.807) is 22.6 Å². The van der Waals surface area contributed by atoms with Crippen LogP contribution >= 0.6 is 0 Å². The van der Waals surface area contributed by atoms with Gasteiger partial charge in [-0.05, 0) is 49.3 Å². The smallest absolute Gasteiger partial charge is 0.0273 e. The molecule has 0 fully saturated rings. The van der Waals surface area contributed by atoms with E-state index in [0.717, 1.165) is 0 Å². The van der Waals surface area contributed by atoms with E-state index < -0.39 is 0 Å². The van der Waals surface area contributed by atoms with Crippen molar-refractivity contribution >= 4 is 9.52 Å². The Labute approximate surface area is 103 Å². The molecule has 0 aromatic carbocycles. The molecule has 0 aliphatic heterocycles. The zero-order valence-electron chi connectivity index (χ0n) is 11.3. The Kier molecular flexibility index (Phi) is 3.44. The van der Waals surface area contributed by atoms with Crippen LogP contribution in [0.1, 0.15) is 53.4 Å². The molecule has 16 heavy (non-hydrogen) atoms. The molecule has 0 aromatic heterocycles. The first-order chi connectivity index (χ1) is 7.47. The molecule has 89 valence electrons. The molecular weight excluding hydrogens is 208 g/mol. The molecule has 0 spiro atoms. The molecule has 0 unspecified atom stereocenters. The van der Waals surface area contributed by atoms with Crippen molar-refractivity contribution in [2.75, 3.05) is 0 Å². The SMILES string of the molecule is CC1=CC2=C(CCCC2)[C]1C[SiH2]C(C)(C)C. The molecular formula is C15H25Si. The Balaban J connectivity index is 2.04. The Bertz CT molecular complexity index is 328. The van der Waals surface area contributed by atoms with Crippen LogP contribution in [0.3, 0.4) is 0 Å². The lowest BCUT2D eigenvalue weighted by Crippen LogP contribution is -2.13. The van der Waals surface area contributed by atoms with Crippen molar-refractivity contribution in [1.82, 2.24) is 0 Å². The summed E-state index contributed by atoms with van der Waals surface area (Å²) in [5.74, 6) is 1.75. The van der Waals surface area contributed by atoms with Crippen molar-refractivity contribution in [1.29, 1.82) is 0 Å². The third-order valence-electron chi connectivity index (χ3n) is 3.87. The predicted molar refractivity (Wildman–Crippen MR) is 75.6 cm³/mol. The first-order valence-electron chi connectivity index (χ1n) is 6.74. The van der Waals surface area contributed by atoms with E-state index in [1.165, 1.54) is 31.7 Å². The molecule has 0 aromatic rings. The fourth-order valence-electron chi connectivity index (χ4n) is 2.87. The average Bonchev–Trinajstić information content (AvgIpc) is 2.49. The van der Waals surface area contributed by atoms with Crippen molar-refractivity contribution in [2.24, 2.45) is 0 Å². The summed E-state index contributed by atoms with van der Waals surface area (Å²) in [6.07, 6.45) is 8.00. The van der Waals surface area contributed by atoms with Gasteiger partial charge in [0.05, 0.1) is 0 Å². The highest BCUT2D eigenvalue weighted by Crippen LogP contribution is 2.44. The minimum absolute atomic E-state index is 0.0290. The minimum Gasteiger partial charge on any atom is -0.0632 e. The third kappa shape index (κ3) is 2.68. The number of hydrogen-bond acceptors (Lipinski definition) is 0. The minimum atomic E-state index is 0.0290. The molecule has 1 heteroatoms. The van der Waals surface area contributed by atoms with E-state index in [-0.39, 0.29) is 9.52 Å². The summed E-state index contributed by atoms with van der Waals surface area (Å²) in [5.41, 5.74) is 5.02. The summed E-state index contributed by atoms with van der Waals surface area (Å²) in [7, 11) is 0.0290. The lowest BCUT2D eigenvalue weighted by atomic mass is 9.88. The quantitative estimate of drug-likeness (QED) is 0.627. The molecule has 2 aliphatic rings. The second kappa shape index (κ2) is 4.52. The van der Waals surface area contributed by atoms with E-state index in [1.807, 2.05) is 0 Å². The first kappa shape index (κ1) is 12.2. The van der Waals surface area contributed by atoms with Crippen LogP contribution in [0.25, 0.3) is 0 Å². The van der Waals surface area contributed by atoms with Crippen LogP contribution in [-0.2, 0) is 0 Å². The van der Waals surface area contributed by atoms with Gasteiger partial charge in [0.1, 0.15) is 0 Å². The molecule has 0 N–H and O–H groups in total. The molecule has 1 radical (unpaired) electrons. The molecule has 0 heterocycles. The monoisotopic (exact) mass is 233 g/mol. The Morgan fingerprint density at radius 1 is 1.19 bits per heavy atom. The molecule has 0 saturated carbocycles. The number of rotatable bonds is 2. The van der Waals surface area contributed by atoms with Crippen molar-refractivity contribution in [3.8, 4) is 0 Å². The van der Waals surface area contributed by atoms with Crippen LogP contribution in [0.15, 0.2) is 22.8 Å². The molecule has 2 rings (SSSR count). The lowest BCUT2D eigenvalue weighted by Gasteiger charge is -2.24. The van der Waals surface area contributed by atoms with Gasteiger partial charge in [0.2, 0.25) is 0 Å². The lowest BCUT2D eigenvalue weighted by molar-refractivity contribution is 0.683. The van der Waals surface area contributed by atoms with E-state index in [9.17, 15) is 0 Å². The summed E-state index contributed by atoms with van der Waals surface area (Å²) in [6, 6.07) is 1.42. The molecule has 2 aliphatic carbocycles. The second-order valence-electron chi connectivity index (χ2n) is 6.58. The zero-order chi connectivity index (χ0) is 11.8. The van der Waals surface area contributed by atoms with Crippen LogP contribution in [-0.4, -0.2) is 9.52 Å². The molecule has 0 bridgehead atoms. The van der Waals surface area contributed by atoms with E-state index in [0.29, 0.717) is 5.04 Å². The van der Waals surface area contributed by atoms with Gasteiger partial charge in [0.15, 0.2) is 0 Å². The van der Waals surface area contributed by atoms with Gasteiger partial charge in [-0.2, -0.15) is 0 Å². The van der Waals surface area contributed by atoms with Gasteiger partial charge in [-0.3, -0.25) is 0 Å². The van der Waals surface area contributed by atoms with Crippen LogP contribution in [0.2, 0.25) is 11.1 Å².